The number of aliphatic imine (C=N–C) groups is 1. The highest BCUT2D eigenvalue weighted by molar-refractivity contribution is 7.80. The maximum Gasteiger partial charge on any atom is 0.270 e. The molecule has 0 heterocycles. The van der Waals surface area contributed by atoms with E-state index in [-0.39, 0.29) is 39.1 Å². The van der Waals surface area contributed by atoms with Gasteiger partial charge in [0, 0.05) is 41.6 Å². The van der Waals surface area contributed by atoms with Crippen LogP contribution >= 0.6 is 12.2 Å². The number of aromatic hydroxyl groups is 2. The summed E-state index contributed by atoms with van der Waals surface area (Å²) in [6.45, 7) is 0. The number of phenolic OH excluding ortho intramolecular Hbond substituents is 2. The lowest BCUT2D eigenvalue weighted by Crippen LogP contribution is -2.12. The fourth-order valence-electron chi connectivity index (χ4n) is 1.83. The van der Waals surface area contributed by atoms with Gasteiger partial charge in [0.05, 0.1) is 16.1 Å². The van der Waals surface area contributed by atoms with Gasteiger partial charge in [-0.1, -0.05) is 0 Å². The number of nitrogens with one attached hydrogen (secondary N) is 1. The van der Waals surface area contributed by atoms with Gasteiger partial charge >= 0.3 is 0 Å². The highest BCUT2D eigenvalue weighted by Crippen LogP contribution is 2.22. The Labute approximate surface area is 156 Å². The molecule has 0 aromatic heterocycles. The van der Waals surface area contributed by atoms with Gasteiger partial charge in [0.1, 0.15) is 11.5 Å². The van der Waals surface area contributed by atoms with E-state index in [1.54, 1.807) is 0 Å². The molecule has 0 fully saturated rings. The van der Waals surface area contributed by atoms with Crippen LogP contribution in [0.25, 0.3) is 0 Å². The number of benzene rings is 2. The third-order valence-corrected chi connectivity index (χ3v) is 3.33. The van der Waals surface area contributed by atoms with Crippen LogP contribution in [0.1, 0.15) is 11.1 Å². The van der Waals surface area contributed by atoms with Crippen molar-refractivity contribution >= 4 is 41.1 Å². The molecule has 2 aromatic rings. The van der Waals surface area contributed by atoms with Gasteiger partial charge in [-0.05, 0) is 24.4 Å². The van der Waals surface area contributed by atoms with Gasteiger partial charge in [0.25, 0.3) is 11.4 Å². The van der Waals surface area contributed by atoms with Gasteiger partial charge in [-0.3, -0.25) is 25.7 Å². The van der Waals surface area contributed by atoms with Gasteiger partial charge in [-0.25, -0.2) is 4.99 Å². The Morgan fingerprint density at radius 3 is 1.93 bits per heavy atom. The molecule has 12 heteroatoms. The average molecular weight is 389 g/mol. The van der Waals surface area contributed by atoms with E-state index in [1.165, 1.54) is 0 Å². The minimum Gasteiger partial charge on any atom is -0.507 e. The van der Waals surface area contributed by atoms with Crippen molar-refractivity contribution < 1.29 is 20.1 Å². The third-order valence-electron chi connectivity index (χ3n) is 3.13. The molecule has 11 nitrogen and oxygen atoms in total. The number of nitro benzene ring substituents is 2. The largest absolute Gasteiger partial charge is 0.507 e. The fourth-order valence-corrected chi connectivity index (χ4v) is 1.94. The number of nitrogens with zero attached hydrogens (tertiary/aromatic N) is 4. The number of hydrogen-bond acceptors (Lipinski definition) is 8. The van der Waals surface area contributed by atoms with Gasteiger partial charge in [-0.2, -0.15) is 5.10 Å². The summed E-state index contributed by atoms with van der Waals surface area (Å²) >= 11 is 4.89. The van der Waals surface area contributed by atoms with Crippen LogP contribution in [0.3, 0.4) is 0 Å². The minimum atomic E-state index is -0.622. The van der Waals surface area contributed by atoms with Crippen LogP contribution < -0.4 is 5.43 Å². The first-order valence-electron chi connectivity index (χ1n) is 7.10. The molecule has 3 N–H and O–H groups in total. The van der Waals surface area contributed by atoms with Crippen LogP contribution in [0.15, 0.2) is 46.5 Å². The number of thiocarbonyl (C=S) groups is 1. The van der Waals surface area contributed by atoms with Crippen molar-refractivity contribution in [3.63, 3.8) is 0 Å². The Hall–Kier alpha value is -3.93. The van der Waals surface area contributed by atoms with Gasteiger partial charge < -0.3 is 10.2 Å². The summed E-state index contributed by atoms with van der Waals surface area (Å²) in [5, 5.41) is 44.3. The summed E-state index contributed by atoms with van der Waals surface area (Å²) in [6.07, 6.45) is 2.22. The fraction of sp³-hybridized carbons (Fsp3) is 0. The second kappa shape index (κ2) is 8.44. The lowest BCUT2D eigenvalue weighted by molar-refractivity contribution is -0.385. The van der Waals surface area contributed by atoms with Crippen LogP contribution in [-0.4, -0.2) is 37.6 Å². The van der Waals surface area contributed by atoms with Crippen molar-refractivity contribution in [2.24, 2.45) is 10.1 Å². The van der Waals surface area contributed by atoms with Gasteiger partial charge in [-0.15, -0.1) is 0 Å². The molecule has 0 unspecified atom stereocenters. The maximum absolute atomic E-state index is 10.7. The Morgan fingerprint density at radius 2 is 1.44 bits per heavy atom. The molecule has 0 bridgehead atoms. The van der Waals surface area contributed by atoms with Gasteiger partial charge in [0.2, 0.25) is 5.11 Å². The zero-order chi connectivity index (χ0) is 20.0. The summed E-state index contributed by atoms with van der Waals surface area (Å²) in [5.74, 6) is -0.445. The topological polar surface area (TPSA) is 163 Å². The van der Waals surface area contributed by atoms with Gasteiger partial charge in [0.15, 0.2) is 0 Å². The molecule has 0 amide bonds. The molecule has 0 aliphatic rings. The Balaban J connectivity index is 2.06. The quantitative estimate of drug-likeness (QED) is 0.303. The summed E-state index contributed by atoms with van der Waals surface area (Å²) in [5.41, 5.74) is 2.05. The van der Waals surface area contributed by atoms with Crippen LogP contribution in [-0.2, 0) is 0 Å². The maximum atomic E-state index is 10.7. The van der Waals surface area contributed by atoms with Crippen molar-refractivity contribution in [1.29, 1.82) is 0 Å². The summed E-state index contributed by atoms with van der Waals surface area (Å²) in [4.78, 5) is 24.0. The standard InChI is InChI=1S/C15H11N5O6S/c21-13-3-1-11(19(23)24)5-9(13)7-16-15(27)18-17-8-10-6-12(20(25)26)2-4-14(10)22/h1-8,21-22H,(H,18,27)/b16-7+,17-8-. The average Bonchev–Trinajstić information content (AvgIpc) is 2.62. The summed E-state index contributed by atoms with van der Waals surface area (Å²) in [6, 6.07) is 6.82. The molecular formula is C15H11N5O6S. The molecule has 0 aliphatic carbocycles. The van der Waals surface area contributed by atoms with Crippen molar-refractivity contribution in [1.82, 2.24) is 5.43 Å². The minimum absolute atomic E-state index is 0.0775. The summed E-state index contributed by atoms with van der Waals surface area (Å²) < 4.78 is 0. The number of non-ortho nitro benzene ring substituents is 2. The van der Waals surface area contributed by atoms with E-state index in [2.05, 4.69) is 15.5 Å². The molecule has 0 spiro atoms. The summed E-state index contributed by atoms with van der Waals surface area (Å²) in [7, 11) is 0. The Morgan fingerprint density at radius 1 is 0.963 bits per heavy atom. The zero-order valence-electron chi connectivity index (χ0n) is 13.3. The second-order valence-corrected chi connectivity index (χ2v) is 5.32. The van der Waals surface area contributed by atoms with E-state index in [0.29, 0.717) is 0 Å². The van der Waals surface area contributed by atoms with Crippen LogP contribution in [0.2, 0.25) is 0 Å². The predicted octanol–water partition coefficient (Wildman–Crippen LogP) is 2.24. The first-order chi connectivity index (χ1) is 12.8. The molecule has 138 valence electrons. The highest BCUT2D eigenvalue weighted by atomic mass is 32.1. The van der Waals surface area contributed by atoms with E-state index in [0.717, 1.165) is 48.8 Å². The molecule has 0 atom stereocenters. The molecule has 27 heavy (non-hydrogen) atoms. The van der Waals surface area contributed by atoms with E-state index >= 15 is 0 Å². The van der Waals surface area contributed by atoms with Crippen LogP contribution in [0, 0.1) is 20.2 Å². The lowest BCUT2D eigenvalue weighted by Gasteiger charge is -2.00. The SMILES string of the molecule is O=[N+]([O-])c1ccc(O)c(/C=N\NC(=S)/N=C/c2cc([N+](=O)[O-])ccc2O)c1. The van der Waals surface area contributed by atoms with E-state index in [4.69, 9.17) is 12.2 Å². The monoisotopic (exact) mass is 389 g/mol. The Kier molecular flexibility index (Phi) is 6.06. The molecule has 0 aliphatic heterocycles. The third kappa shape index (κ3) is 5.27. The Bertz CT molecular complexity index is 975. The van der Waals surface area contributed by atoms with Crippen LogP contribution in [0.4, 0.5) is 11.4 Å². The van der Waals surface area contributed by atoms with Crippen molar-refractivity contribution in [2.75, 3.05) is 0 Å². The number of hydrazone groups is 1. The van der Waals surface area contributed by atoms with Crippen LogP contribution in [0.5, 0.6) is 11.5 Å². The first kappa shape index (κ1) is 19.4. The van der Waals surface area contributed by atoms with E-state index in [1.807, 2.05) is 0 Å². The predicted molar refractivity (Wildman–Crippen MR) is 100 cm³/mol. The number of hydrogen-bond donors (Lipinski definition) is 3. The van der Waals surface area contributed by atoms with E-state index in [9.17, 15) is 30.4 Å². The van der Waals surface area contributed by atoms with Crippen molar-refractivity contribution in [3.05, 3.63) is 67.8 Å². The lowest BCUT2D eigenvalue weighted by atomic mass is 10.2. The first-order valence-corrected chi connectivity index (χ1v) is 7.50. The number of phenols is 2. The highest BCUT2D eigenvalue weighted by Gasteiger charge is 2.10. The smallest absolute Gasteiger partial charge is 0.270 e. The second-order valence-electron chi connectivity index (χ2n) is 4.93. The molecule has 2 rings (SSSR count). The number of rotatable bonds is 5. The molecule has 0 radical (unpaired) electrons. The normalized spacial score (nSPS) is 11.0. The van der Waals surface area contributed by atoms with E-state index < -0.39 is 9.85 Å². The molecular weight excluding hydrogens is 378 g/mol. The molecule has 0 saturated carbocycles. The molecule has 2 aromatic carbocycles. The van der Waals surface area contributed by atoms with Crippen molar-refractivity contribution in [3.8, 4) is 11.5 Å². The molecule has 0 saturated heterocycles. The number of nitro groups is 2. The van der Waals surface area contributed by atoms with Crippen molar-refractivity contribution in [2.45, 2.75) is 0 Å². The zero-order valence-corrected chi connectivity index (χ0v) is 14.2.